The van der Waals surface area contributed by atoms with Crippen LogP contribution in [0.25, 0.3) is 0 Å². The molecule has 2 unspecified atom stereocenters. The largest absolute Gasteiger partial charge is 0.480 e. The van der Waals surface area contributed by atoms with Crippen LogP contribution in [0.15, 0.2) is 22.7 Å². The lowest BCUT2D eigenvalue weighted by molar-refractivity contribution is -0.154. The number of nitrogens with zero attached hydrogens (tertiary/aromatic N) is 1. The maximum absolute atomic E-state index is 12.9. The molecule has 2 amide bonds. The van der Waals surface area contributed by atoms with Gasteiger partial charge in [0.15, 0.2) is 6.10 Å². The second kappa shape index (κ2) is 10.7. The van der Waals surface area contributed by atoms with Crippen molar-refractivity contribution in [3.05, 3.63) is 27.7 Å². The molecule has 0 saturated carbocycles. The van der Waals surface area contributed by atoms with Gasteiger partial charge >= 0.3 is 5.97 Å². The van der Waals surface area contributed by atoms with E-state index in [1.54, 1.807) is 25.1 Å². The van der Waals surface area contributed by atoms with Crippen molar-refractivity contribution in [1.29, 1.82) is 0 Å². The topological polar surface area (TPSA) is 84.9 Å². The zero-order valence-electron chi connectivity index (χ0n) is 15.9. The summed E-state index contributed by atoms with van der Waals surface area (Å²) in [7, 11) is 0. The lowest BCUT2D eigenvalue weighted by Crippen LogP contribution is -2.60. The lowest BCUT2D eigenvalue weighted by atomic mass is 10.1. The Bertz CT molecular complexity index is 730. The van der Waals surface area contributed by atoms with Crippen LogP contribution in [0.4, 0.5) is 0 Å². The van der Waals surface area contributed by atoms with Gasteiger partial charge in [-0.25, -0.2) is 0 Å². The Hall–Kier alpha value is -1.80. The second-order valence-electron chi connectivity index (χ2n) is 6.45. The minimum absolute atomic E-state index is 0.182. The van der Waals surface area contributed by atoms with Crippen molar-refractivity contribution in [3.63, 3.8) is 0 Å². The van der Waals surface area contributed by atoms with E-state index in [1.807, 2.05) is 6.92 Å². The Kier molecular flexibility index (Phi) is 8.57. The molecule has 1 heterocycles. The number of hydrogen-bond donors (Lipinski definition) is 1. The number of benzene rings is 1. The van der Waals surface area contributed by atoms with Gasteiger partial charge < -0.3 is 19.7 Å². The van der Waals surface area contributed by atoms with E-state index in [1.165, 1.54) is 4.90 Å². The molecule has 1 fully saturated rings. The minimum atomic E-state index is -0.907. The van der Waals surface area contributed by atoms with Gasteiger partial charge in [0, 0.05) is 18.1 Å². The molecule has 0 aromatic heterocycles. The molecule has 1 N–H and O–H groups in total. The third-order valence-electron chi connectivity index (χ3n) is 4.28. The van der Waals surface area contributed by atoms with Gasteiger partial charge in [0.1, 0.15) is 11.8 Å². The highest BCUT2D eigenvalue weighted by Gasteiger charge is 2.37. The molecule has 1 aliphatic rings. The van der Waals surface area contributed by atoms with E-state index in [4.69, 9.17) is 21.1 Å². The summed E-state index contributed by atoms with van der Waals surface area (Å²) in [4.78, 5) is 38.6. The summed E-state index contributed by atoms with van der Waals surface area (Å²) in [5, 5.41) is 3.22. The fraction of sp³-hybridized carbons (Fsp3) is 0.526. The monoisotopic (exact) mass is 474 g/mol. The first-order valence-electron chi connectivity index (χ1n) is 9.19. The second-order valence-corrected chi connectivity index (χ2v) is 7.74. The number of ether oxygens (including phenoxy) is 2. The SMILES string of the molecule is CCCCOC(=O)CC1C(=O)NCCN1C(=O)C(C)Oc1ccc(Cl)cc1Br. The van der Waals surface area contributed by atoms with Crippen LogP contribution in [0.5, 0.6) is 5.75 Å². The normalized spacial score (nSPS) is 17.6. The Morgan fingerprint density at radius 1 is 1.43 bits per heavy atom. The summed E-state index contributed by atoms with van der Waals surface area (Å²) >= 11 is 9.26. The highest BCUT2D eigenvalue weighted by molar-refractivity contribution is 9.10. The lowest BCUT2D eigenvalue weighted by Gasteiger charge is -2.36. The first-order valence-corrected chi connectivity index (χ1v) is 10.4. The van der Waals surface area contributed by atoms with Crippen molar-refractivity contribution >= 4 is 45.3 Å². The highest BCUT2D eigenvalue weighted by Crippen LogP contribution is 2.29. The van der Waals surface area contributed by atoms with Gasteiger partial charge in [-0.3, -0.25) is 14.4 Å². The number of halogens is 2. The smallest absolute Gasteiger partial charge is 0.308 e. The van der Waals surface area contributed by atoms with E-state index in [9.17, 15) is 14.4 Å². The summed E-state index contributed by atoms with van der Waals surface area (Å²) in [5.41, 5.74) is 0. The van der Waals surface area contributed by atoms with Crippen LogP contribution in [0.2, 0.25) is 5.02 Å². The predicted octanol–water partition coefficient (Wildman–Crippen LogP) is 2.93. The summed E-state index contributed by atoms with van der Waals surface area (Å²) < 4.78 is 11.5. The van der Waals surface area contributed by atoms with Crippen LogP contribution < -0.4 is 10.1 Å². The van der Waals surface area contributed by atoms with E-state index in [2.05, 4.69) is 21.2 Å². The molecule has 9 heteroatoms. The number of unbranched alkanes of at least 4 members (excludes halogenated alkanes) is 1. The van der Waals surface area contributed by atoms with Gasteiger partial charge in [-0.2, -0.15) is 0 Å². The average molecular weight is 476 g/mol. The Balaban J connectivity index is 2.04. The first kappa shape index (κ1) is 22.5. The molecule has 0 spiro atoms. The van der Waals surface area contributed by atoms with Crippen molar-refractivity contribution in [2.45, 2.75) is 45.3 Å². The molecule has 2 rings (SSSR count). The molecular formula is C19H24BrClN2O5. The fourth-order valence-corrected chi connectivity index (χ4v) is 3.55. The predicted molar refractivity (Wildman–Crippen MR) is 108 cm³/mol. The molecule has 1 aromatic rings. The summed E-state index contributed by atoms with van der Waals surface area (Å²) in [6, 6.07) is 4.07. The molecule has 1 aliphatic heterocycles. The van der Waals surface area contributed by atoms with E-state index in [-0.39, 0.29) is 18.2 Å². The Morgan fingerprint density at radius 2 is 2.18 bits per heavy atom. The molecule has 1 aromatic carbocycles. The molecule has 154 valence electrons. The summed E-state index contributed by atoms with van der Waals surface area (Å²) in [6.07, 6.45) is 0.628. The van der Waals surface area contributed by atoms with Crippen molar-refractivity contribution in [3.8, 4) is 5.75 Å². The molecule has 0 aliphatic carbocycles. The zero-order chi connectivity index (χ0) is 20.7. The van der Waals surface area contributed by atoms with Crippen LogP contribution in [0.1, 0.15) is 33.1 Å². The summed E-state index contributed by atoms with van der Waals surface area (Å²) in [6.45, 7) is 4.52. The van der Waals surface area contributed by atoms with E-state index in [0.29, 0.717) is 34.9 Å². The van der Waals surface area contributed by atoms with Crippen LogP contribution in [-0.2, 0) is 19.1 Å². The average Bonchev–Trinajstić information content (AvgIpc) is 2.65. The third kappa shape index (κ3) is 6.10. The third-order valence-corrected chi connectivity index (χ3v) is 5.14. The van der Waals surface area contributed by atoms with E-state index >= 15 is 0 Å². The van der Waals surface area contributed by atoms with E-state index in [0.717, 1.165) is 12.8 Å². The number of esters is 1. The molecule has 28 heavy (non-hydrogen) atoms. The van der Waals surface area contributed by atoms with Crippen molar-refractivity contribution in [2.24, 2.45) is 0 Å². The van der Waals surface area contributed by atoms with Crippen molar-refractivity contribution in [1.82, 2.24) is 10.2 Å². The number of amides is 2. The van der Waals surface area contributed by atoms with Crippen molar-refractivity contribution in [2.75, 3.05) is 19.7 Å². The maximum atomic E-state index is 12.9. The standard InChI is InChI=1S/C19H24BrClN2O5/c1-3-4-9-27-17(24)11-15-18(25)22-7-8-23(15)19(26)12(2)28-16-6-5-13(21)10-14(16)20/h5-6,10,12,15H,3-4,7-9,11H2,1-2H3,(H,22,25). The van der Waals surface area contributed by atoms with Gasteiger partial charge in [0.05, 0.1) is 17.5 Å². The summed E-state index contributed by atoms with van der Waals surface area (Å²) in [5.74, 6) is -0.778. The van der Waals surface area contributed by atoms with Gasteiger partial charge in [-0.1, -0.05) is 24.9 Å². The quantitative estimate of drug-likeness (QED) is 0.462. The maximum Gasteiger partial charge on any atom is 0.308 e. The number of carbonyl (C=O) groups excluding carboxylic acids is 3. The van der Waals surface area contributed by atoms with Crippen LogP contribution in [-0.4, -0.2) is 54.5 Å². The molecule has 7 nitrogen and oxygen atoms in total. The van der Waals surface area contributed by atoms with Crippen LogP contribution >= 0.6 is 27.5 Å². The minimum Gasteiger partial charge on any atom is -0.480 e. The Labute approximate surface area is 177 Å². The van der Waals surface area contributed by atoms with E-state index < -0.39 is 18.1 Å². The zero-order valence-corrected chi connectivity index (χ0v) is 18.2. The molecule has 1 saturated heterocycles. The van der Waals surface area contributed by atoms with Crippen LogP contribution in [0, 0.1) is 0 Å². The van der Waals surface area contributed by atoms with Crippen molar-refractivity contribution < 1.29 is 23.9 Å². The van der Waals surface area contributed by atoms with Gasteiger partial charge in [-0.05, 0) is 47.5 Å². The molecule has 0 bridgehead atoms. The number of rotatable bonds is 8. The van der Waals surface area contributed by atoms with Gasteiger partial charge in [0.25, 0.3) is 5.91 Å². The molecule has 2 atom stereocenters. The number of hydrogen-bond acceptors (Lipinski definition) is 5. The fourth-order valence-electron chi connectivity index (χ4n) is 2.77. The number of nitrogens with one attached hydrogen (secondary N) is 1. The van der Waals surface area contributed by atoms with Gasteiger partial charge in [-0.15, -0.1) is 0 Å². The number of piperazine rings is 1. The highest BCUT2D eigenvalue weighted by atomic mass is 79.9. The molecular weight excluding hydrogens is 452 g/mol. The van der Waals surface area contributed by atoms with Gasteiger partial charge in [0.2, 0.25) is 5.91 Å². The molecule has 0 radical (unpaired) electrons. The number of carbonyl (C=O) groups is 3. The Morgan fingerprint density at radius 3 is 2.86 bits per heavy atom. The van der Waals surface area contributed by atoms with Crippen LogP contribution in [0.3, 0.4) is 0 Å². The first-order chi connectivity index (χ1) is 13.3.